The van der Waals surface area contributed by atoms with Gasteiger partial charge in [0.1, 0.15) is 0 Å². The van der Waals surface area contributed by atoms with Crippen LogP contribution in [0.3, 0.4) is 0 Å². The Morgan fingerprint density at radius 3 is 2.24 bits per heavy atom. The van der Waals surface area contributed by atoms with Crippen LogP contribution in [0.2, 0.25) is 0 Å². The molecule has 1 aromatic heterocycles. The molecule has 2 aliphatic heterocycles. The Labute approximate surface area is 126 Å². The fourth-order valence-corrected chi connectivity index (χ4v) is 4.96. The van der Waals surface area contributed by atoms with Gasteiger partial charge in [-0.15, -0.1) is 0 Å². The molecule has 1 aromatic rings. The second-order valence-electron chi connectivity index (χ2n) is 6.03. The van der Waals surface area contributed by atoms with Gasteiger partial charge in [-0.25, -0.2) is 18.4 Å². The predicted octanol–water partition coefficient (Wildman–Crippen LogP) is 0.403. The highest BCUT2D eigenvalue weighted by molar-refractivity contribution is 7.91. The second-order valence-corrected chi connectivity index (χ2v) is 8.26. The summed E-state index contributed by atoms with van der Waals surface area (Å²) < 4.78 is 23.2. The van der Waals surface area contributed by atoms with Gasteiger partial charge in [-0.1, -0.05) is 0 Å². The summed E-state index contributed by atoms with van der Waals surface area (Å²) in [5.74, 6) is 1.47. The molecule has 1 unspecified atom stereocenters. The number of aryl methyl sites for hydroxylation is 2. The molecule has 0 spiro atoms. The molecule has 0 N–H and O–H groups in total. The average molecular weight is 310 g/mol. The number of rotatable bonds is 2. The number of sulfone groups is 1. The molecular formula is C14H22N4O2S. The highest BCUT2D eigenvalue weighted by Gasteiger charge is 2.33. The second kappa shape index (κ2) is 5.53. The Hall–Kier alpha value is -1.21. The Morgan fingerprint density at radius 2 is 1.71 bits per heavy atom. The Kier molecular flexibility index (Phi) is 3.88. The first-order chi connectivity index (χ1) is 9.93. The fourth-order valence-electron chi connectivity index (χ4n) is 3.20. The van der Waals surface area contributed by atoms with Gasteiger partial charge in [0.15, 0.2) is 9.84 Å². The van der Waals surface area contributed by atoms with Gasteiger partial charge in [-0.3, -0.25) is 4.90 Å². The number of hydrogen-bond acceptors (Lipinski definition) is 6. The zero-order chi connectivity index (χ0) is 15.0. The molecule has 6 nitrogen and oxygen atoms in total. The third-order valence-electron chi connectivity index (χ3n) is 4.29. The minimum atomic E-state index is -2.80. The van der Waals surface area contributed by atoms with E-state index in [0.29, 0.717) is 11.5 Å². The minimum Gasteiger partial charge on any atom is -0.338 e. The molecule has 0 amide bonds. The number of aromatic nitrogens is 2. The molecule has 0 aliphatic carbocycles. The lowest BCUT2D eigenvalue weighted by atomic mass is 10.2. The highest BCUT2D eigenvalue weighted by Crippen LogP contribution is 2.20. The molecule has 7 heteroatoms. The standard InChI is InChI=1S/C14H22N4O2S/c1-11-9-12(2)16-14(15-11)18-6-4-17(5-7-18)13-3-8-21(19,20)10-13/h9,13H,3-8,10H2,1-2H3. The normalized spacial score (nSPS) is 26.2. The van der Waals surface area contributed by atoms with Crippen molar-refractivity contribution >= 4 is 15.8 Å². The van der Waals surface area contributed by atoms with Gasteiger partial charge in [-0.05, 0) is 26.3 Å². The van der Waals surface area contributed by atoms with E-state index in [0.717, 1.165) is 49.9 Å². The Morgan fingerprint density at radius 1 is 1.10 bits per heavy atom. The third kappa shape index (κ3) is 3.35. The van der Waals surface area contributed by atoms with Gasteiger partial charge in [0.2, 0.25) is 5.95 Å². The molecule has 0 bridgehead atoms. The van der Waals surface area contributed by atoms with Crippen LogP contribution in [-0.2, 0) is 9.84 Å². The van der Waals surface area contributed by atoms with Crippen molar-refractivity contribution in [2.75, 3.05) is 42.6 Å². The van der Waals surface area contributed by atoms with E-state index in [4.69, 9.17) is 0 Å². The number of nitrogens with zero attached hydrogens (tertiary/aromatic N) is 4. The molecule has 1 atom stereocenters. The molecule has 116 valence electrons. The number of piperazine rings is 1. The van der Waals surface area contributed by atoms with Gasteiger partial charge in [0, 0.05) is 43.6 Å². The van der Waals surface area contributed by atoms with Gasteiger partial charge in [-0.2, -0.15) is 0 Å². The minimum absolute atomic E-state index is 0.206. The van der Waals surface area contributed by atoms with E-state index in [1.807, 2.05) is 19.9 Å². The van der Waals surface area contributed by atoms with E-state index in [1.165, 1.54) is 0 Å². The van der Waals surface area contributed by atoms with E-state index >= 15 is 0 Å². The topological polar surface area (TPSA) is 66.4 Å². The van der Waals surface area contributed by atoms with Crippen LogP contribution in [0.4, 0.5) is 5.95 Å². The lowest BCUT2D eigenvalue weighted by Gasteiger charge is -2.37. The number of hydrogen-bond donors (Lipinski definition) is 0. The molecule has 2 fully saturated rings. The lowest BCUT2D eigenvalue weighted by molar-refractivity contribution is 0.200. The largest absolute Gasteiger partial charge is 0.338 e. The van der Waals surface area contributed by atoms with Gasteiger partial charge >= 0.3 is 0 Å². The Bertz CT molecular complexity index is 604. The first-order valence-electron chi connectivity index (χ1n) is 7.45. The van der Waals surface area contributed by atoms with Crippen molar-refractivity contribution in [3.05, 3.63) is 17.5 Å². The summed E-state index contributed by atoms with van der Waals surface area (Å²) in [6.45, 7) is 7.46. The van der Waals surface area contributed by atoms with Crippen LogP contribution < -0.4 is 4.90 Å². The molecule has 0 saturated carbocycles. The van der Waals surface area contributed by atoms with Gasteiger partial charge < -0.3 is 4.90 Å². The lowest BCUT2D eigenvalue weighted by Crippen LogP contribution is -2.51. The molecule has 3 heterocycles. The molecule has 0 aromatic carbocycles. The van der Waals surface area contributed by atoms with Crippen molar-refractivity contribution in [3.8, 4) is 0 Å². The predicted molar refractivity (Wildman–Crippen MR) is 82.4 cm³/mol. The fraction of sp³-hybridized carbons (Fsp3) is 0.714. The van der Waals surface area contributed by atoms with Crippen LogP contribution in [0.1, 0.15) is 17.8 Å². The molecule has 3 rings (SSSR count). The molecule has 21 heavy (non-hydrogen) atoms. The highest BCUT2D eigenvalue weighted by atomic mass is 32.2. The quantitative estimate of drug-likeness (QED) is 0.788. The summed E-state index contributed by atoms with van der Waals surface area (Å²) in [7, 11) is -2.80. The van der Waals surface area contributed by atoms with Crippen LogP contribution in [0.25, 0.3) is 0 Å². The summed E-state index contributed by atoms with van der Waals surface area (Å²) in [5.41, 5.74) is 1.98. The van der Waals surface area contributed by atoms with E-state index in [-0.39, 0.29) is 6.04 Å². The Balaban J connectivity index is 1.63. The smallest absolute Gasteiger partial charge is 0.225 e. The molecular weight excluding hydrogens is 288 g/mol. The van der Waals surface area contributed by atoms with E-state index in [2.05, 4.69) is 19.8 Å². The molecule has 2 saturated heterocycles. The first-order valence-corrected chi connectivity index (χ1v) is 9.27. The maximum Gasteiger partial charge on any atom is 0.225 e. The summed E-state index contributed by atoms with van der Waals surface area (Å²) in [5, 5.41) is 0. The molecule has 0 radical (unpaired) electrons. The summed E-state index contributed by atoms with van der Waals surface area (Å²) >= 11 is 0. The summed E-state index contributed by atoms with van der Waals surface area (Å²) in [6, 6.07) is 2.18. The van der Waals surface area contributed by atoms with E-state index < -0.39 is 9.84 Å². The van der Waals surface area contributed by atoms with Crippen LogP contribution in [0, 0.1) is 13.8 Å². The van der Waals surface area contributed by atoms with Crippen LogP contribution in [-0.4, -0.2) is 67.0 Å². The maximum absolute atomic E-state index is 11.6. The van der Waals surface area contributed by atoms with Gasteiger partial charge in [0.25, 0.3) is 0 Å². The monoisotopic (exact) mass is 310 g/mol. The average Bonchev–Trinajstić information content (AvgIpc) is 2.78. The maximum atomic E-state index is 11.6. The van der Waals surface area contributed by atoms with Crippen molar-refractivity contribution < 1.29 is 8.42 Å². The van der Waals surface area contributed by atoms with Crippen LogP contribution in [0.5, 0.6) is 0 Å². The van der Waals surface area contributed by atoms with Crippen LogP contribution >= 0.6 is 0 Å². The SMILES string of the molecule is Cc1cc(C)nc(N2CCN(C3CCS(=O)(=O)C3)CC2)n1. The number of anilines is 1. The zero-order valence-electron chi connectivity index (χ0n) is 12.6. The van der Waals surface area contributed by atoms with Gasteiger partial charge in [0.05, 0.1) is 11.5 Å². The zero-order valence-corrected chi connectivity index (χ0v) is 13.4. The van der Waals surface area contributed by atoms with Crippen LogP contribution in [0.15, 0.2) is 6.07 Å². The molecule has 2 aliphatic rings. The van der Waals surface area contributed by atoms with Crippen molar-refractivity contribution in [1.82, 2.24) is 14.9 Å². The first kappa shape index (κ1) is 14.7. The van der Waals surface area contributed by atoms with E-state index in [9.17, 15) is 8.42 Å². The summed E-state index contributed by atoms with van der Waals surface area (Å²) in [4.78, 5) is 13.5. The van der Waals surface area contributed by atoms with Crippen molar-refractivity contribution in [2.24, 2.45) is 0 Å². The third-order valence-corrected chi connectivity index (χ3v) is 6.04. The van der Waals surface area contributed by atoms with Crippen molar-refractivity contribution in [1.29, 1.82) is 0 Å². The van der Waals surface area contributed by atoms with E-state index in [1.54, 1.807) is 0 Å². The van der Waals surface area contributed by atoms with Crippen molar-refractivity contribution in [2.45, 2.75) is 26.3 Å². The van der Waals surface area contributed by atoms with Crippen molar-refractivity contribution in [3.63, 3.8) is 0 Å². The summed E-state index contributed by atoms with van der Waals surface area (Å²) in [6.07, 6.45) is 0.780.